The van der Waals surface area contributed by atoms with Gasteiger partial charge in [0.2, 0.25) is 10.0 Å². The molecule has 0 bridgehead atoms. The first-order chi connectivity index (χ1) is 8.99. The maximum absolute atomic E-state index is 12.1. The van der Waals surface area contributed by atoms with Crippen LogP contribution in [0.2, 0.25) is 0 Å². The number of hydrogen-bond acceptors (Lipinski definition) is 2. The molecular weight excluding hydrogens is 260 g/mol. The lowest BCUT2D eigenvalue weighted by molar-refractivity contribution is 0.581. The first-order valence-corrected chi connectivity index (χ1v) is 7.68. The number of nitrogens with one attached hydrogen (secondary N) is 2. The number of hydrogen-bond donors (Lipinski definition) is 2. The van der Waals surface area contributed by atoms with Crippen LogP contribution in [0.4, 0.5) is 0 Å². The van der Waals surface area contributed by atoms with Crippen molar-refractivity contribution in [1.29, 1.82) is 0 Å². The molecule has 19 heavy (non-hydrogen) atoms. The third-order valence-electron chi connectivity index (χ3n) is 2.99. The molecule has 0 fully saturated rings. The van der Waals surface area contributed by atoms with Gasteiger partial charge in [-0.3, -0.25) is 0 Å². The number of aromatic nitrogens is 1. The van der Waals surface area contributed by atoms with Crippen molar-refractivity contribution >= 4 is 10.0 Å². The van der Waals surface area contributed by atoms with Crippen LogP contribution >= 0.6 is 0 Å². The summed E-state index contributed by atoms with van der Waals surface area (Å²) in [6.45, 7) is 4.44. The topological polar surface area (TPSA) is 62.0 Å². The highest BCUT2D eigenvalue weighted by molar-refractivity contribution is 7.89. The van der Waals surface area contributed by atoms with Crippen LogP contribution in [0.15, 0.2) is 47.6 Å². The third-order valence-corrected chi connectivity index (χ3v) is 4.40. The van der Waals surface area contributed by atoms with E-state index >= 15 is 0 Å². The molecule has 1 aromatic carbocycles. The second-order valence-corrected chi connectivity index (χ2v) is 6.53. The van der Waals surface area contributed by atoms with E-state index in [0.29, 0.717) is 10.8 Å². The van der Waals surface area contributed by atoms with Gasteiger partial charge in [0.1, 0.15) is 0 Å². The van der Waals surface area contributed by atoms with Crippen molar-refractivity contribution in [2.45, 2.75) is 31.2 Å². The average Bonchev–Trinajstić information content (AvgIpc) is 2.90. The zero-order valence-electron chi connectivity index (χ0n) is 11.1. The molecule has 1 heterocycles. The summed E-state index contributed by atoms with van der Waals surface area (Å²) in [7, 11) is -3.44. The predicted molar refractivity (Wildman–Crippen MR) is 75.3 cm³/mol. The van der Waals surface area contributed by atoms with Gasteiger partial charge in [0, 0.05) is 18.9 Å². The van der Waals surface area contributed by atoms with Gasteiger partial charge in [-0.05, 0) is 35.2 Å². The molecule has 0 atom stereocenters. The maximum Gasteiger partial charge on any atom is 0.240 e. The van der Waals surface area contributed by atoms with Gasteiger partial charge in [0.15, 0.2) is 0 Å². The second kappa shape index (κ2) is 5.59. The quantitative estimate of drug-likeness (QED) is 0.883. The van der Waals surface area contributed by atoms with Gasteiger partial charge in [-0.25, -0.2) is 13.1 Å². The predicted octanol–water partition coefficient (Wildman–Crippen LogP) is 2.62. The van der Waals surface area contributed by atoms with E-state index < -0.39 is 10.0 Å². The van der Waals surface area contributed by atoms with Crippen molar-refractivity contribution in [3.63, 3.8) is 0 Å². The van der Waals surface area contributed by atoms with Gasteiger partial charge in [0.25, 0.3) is 0 Å². The standard InChI is InChI=1S/C14H18N2O2S/c1-11(2)13-3-5-14(6-4-13)19(17,18)16-10-12-7-8-15-9-12/h3-9,11,15-16H,10H2,1-2H3. The minimum Gasteiger partial charge on any atom is -0.367 e. The van der Waals surface area contributed by atoms with Gasteiger partial charge < -0.3 is 4.98 Å². The summed E-state index contributed by atoms with van der Waals surface area (Å²) < 4.78 is 26.8. The van der Waals surface area contributed by atoms with Crippen LogP contribution in [0.25, 0.3) is 0 Å². The van der Waals surface area contributed by atoms with Crippen LogP contribution in [-0.2, 0) is 16.6 Å². The van der Waals surface area contributed by atoms with Crippen LogP contribution in [0.1, 0.15) is 30.9 Å². The number of H-pyrrole nitrogens is 1. The lowest BCUT2D eigenvalue weighted by Gasteiger charge is -2.08. The van der Waals surface area contributed by atoms with Crippen molar-refractivity contribution in [2.75, 3.05) is 0 Å². The fourth-order valence-electron chi connectivity index (χ4n) is 1.76. The Kier molecular flexibility index (Phi) is 4.07. The lowest BCUT2D eigenvalue weighted by Crippen LogP contribution is -2.23. The highest BCUT2D eigenvalue weighted by Crippen LogP contribution is 2.17. The normalized spacial score (nSPS) is 11.9. The largest absolute Gasteiger partial charge is 0.367 e. The summed E-state index contributed by atoms with van der Waals surface area (Å²) in [5.74, 6) is 0.393. The highest BCUT2D eigenvalue weighted by Gasteiger charge is 2.13. The molecule has 1 aromatic heterocycles. The Balaban J connectivity index is 2.10. The highest BCUT2D eigenvalue weighted by atomic mass is 32.2. The summed E-state index contributed by atoms with van der Waals surface area (Å²) in [6, 6.07) is 8.85. The van der Waals surface area contributed by atoms with Crippen molar-refractivity contribution in [3.05, 3.63) is 53.9 Å². The van der Waals surface area contributed by atoms with Crippen LogP contribution in [0.5, 0.6) is 0 Å². The van der Waals surface area contributed by atoms with Crippen molar-refractivity contribution in [1.82, 2.24) is 9.71 Å². The maximum atomic E-state index is 12.1. The molecule has 2 rings (SSSR count). The fourth-order valence-corrected chi connectivity index (χ4v) is 2.78. The first kappa shape index (κ1) is 13.8. The first-order valence-electron chi connectivity index (χ1n) is 6.20. The van der Waals surface area contributed by atoms with E-state index in [2.05, 4.69) is 23.6 Å². The summed E-state index contributed by atoms with van der Waals surface area (Å²) >= 11 is 0. The molecule has 0 amide bonds. The Morgan fingerprint density at radius 3 is 2.37 bits per heavy atom. The van der Waals surface area contributed by atoms with Gasteiger partial charge >= 0.3 is 0 Å². The second-order valence-electron chi connectivity index (χ2n) is 4.77. The zero-order chi connectivity index (χ0) is 13.9. The van der Waals surface area contributed by atoms with E-state index in [1.54, 1.807) is 24.5 Å². The van der Waals surface area contributed by atoms with Crippen molar-refractivity contribution in [2.24, 2.45) is 0 Å². The molecule has 0 unspecified atom stereocenters. The number of rotatable bonds is 5. The average molecular weight is 278 g/mol. The van der Waals surface area contributed by atoms with Crippen LogP contribution < -0.4 is 4.72 Å². The molecule has 0 aliphatic carbocycles. The molecule has 4 nitrogen and oxygen atoms in total. The minimum atomic E-state index is -3.44. The van der Waals surface area contributed by atoms with E-state index in [1.165, 1.54) is 0 Å². The summed E-state index contributed by atoms with van der Waals surface area (Å²) in [6.07, 6.45) is 3.53. The zero-order valence-corrected chi connectivity index (χ0v) is 11.9. The van der Waals surface area contributed by atoms with Gasteiger partial charge in [-0.1, -0.05) is 26.0 Å². The molecule has 0 spiro atoms. The smallest absolute Gasteiger partial charge is 0.240 e. The monoisotopic (exact) mass is 278 g/mol. The molecule has 5 heteroatoms. The molecule has 0 aliphatic heterocycles. The van der Waals surface area contributed by atoms with Crippen LogP contribution in [0, 0.1) is 0 Å². The summed E-state index contributed by atoms with van der Waals surface area (Å²) in [5, 5.41) is 0. The molecule has 0 aliphatic rings. The van der Waals surface area contributed by atoms with E-state index in [4.69, 9.17) is 0 Å². The Labute approximate surface area is 113 Å². The molecule has 102 valence electrons. The van der Waals surface area contributed by atoms with E-state index in [1.807, 2.05) is 18.2 Å². The van der Waals surface area contributed by atoms with E-state index in [-0.39, 0.29) is 6.54 Å². The van der Waals surface area contributed by atoms with Gasteiger partial charge in [0.05, 0.1) is 4.90 Å². The molecule has 0 saturated carbocycles. The Morgan fingerprint density at radius 2 is 1.84 bits per heavy atom. The Hall–Kier alpha value is -1.59. The van der Waals surface area contributed by atoms with Crippen LogP contribution in [0.3, 0.4) is 0 Å². The minimum absolute atomic E-state index is 0.289. The Bertz CT molecular complexity index is 614. The van der Waals surface area contributed by atoms with Gasteiger partial charge in [-0.2, -0.15) is 0 Å². The molecular formula is C14H18N2O2S. The van der Waals surface area contributed by atoms with E-state index in [9.17, 15) is 8.42 Å². The number of benzene rings is 1. The van der Waals surface area contributed by atoms with Crippen molar-refractivity contribution < 1.29 is 8.42 Å². The molecule has 2 aromatic rings. The van der Waals surface area contributed by atoms with Crippen LogP contribution in [-0.4, -0.2) is 13.4 Å². The fraction of sp³-hybridized carbons (Fsp3) is 0.286. The summed E-state index contributed by atoms with van der Waals surface area (Å²) in [4.78, 5) is 3.19. The van der Waals surface area contributed by atoms with Crippen molar-refractivity contribution in [3.8, 4) is 0 Å². The third kappa shape index (κ3) is 3.45. The van der Waals surface area contributed by atoms with E-state index in [0.717, 1.165) is 11.1 Å². The SMILES string of the molecule is CC(C)c1ccc(S(=O)(=O)NCc2cc[nH]c2)cc1. The molecule has 0 radical (unpaired) electrons. The summed E-state index contributed by atoms with van der Waals surface area (Å²) in [5.41, 5.74) is 2.03. The van der Waals surface area contributed by atoms with Gasteiger partial charge in [-0.15, -0.1) is 0 Å². The molecule has 2 N–H and O–H groups in total. The number of aromatic amines is 1. The Morgan fingerprint density at radius 1 is 1.16 bits per heavy atom. The number of sulfonamides is 1. The molecule has 0 saturated heterocycles. The lowest BCUT2D eigenvalue weighted by atomic mass is 10.0.